The van der Waals surface area contributed by atoms with E-state index in [0.29, 0.717) is 4.90 Å². The lowest BCUT2D eigenvalue weighted by atomic mass is 9.87. The van der Waals surface area contributed by atoms with Gasteiger partial charge in [-0.2, -0.15) is 13.2 Å². The first-order valence-electron chi connectivity index (χ1n) is 10.7. The minimum absolute atomic E-state index is 0.0291. The van der Waals surface area contributed by atoms with Gasteiger partial charge in [-0.25, -0.2) is 23.1 Å². The van der Waals surface area contributed by atoms with E-state index in [4.69, 9.17) is 11.6 Å². The van der Waals surface area contributed by atoms with E-state index in [1.807, 2.05) is 0 Å². The van der Waals surface area contributed by atoms with Crippen molar-refractivity contribution in [3.63, 3.8) is 0 Å². The van der Waals surface area contributed by atoms with Gasteiger partial charge in [0.05, 0.1) is 0 Å². The lowest BCUT2D eigenvalue weighted by Gasteiger charge is -2.41. The third-order valence-corrected chi connectivity index (χ3v) is 6.73. The molecule has 0 aliphatic heterocycles. The number of rotatable bonds is 7. The van der Waals surface area contributed by atoms with Crippen molar-refractivity contribution >= 4 is 40.9 Å². The van der Waals surface area contributed by atoms with Crippen LogP contribution in [0.25, 0.3) is 0 Å². The van der Waals surface area contributed by atoms with Crippen molar-refractivity contribution in [2.45, 2.75) is 66.1 Å². The quantitative estimate of drug-likeness (QED) is 0.275. The van der Waals surface area contributed by atoms with Crippen molar-refractivity contribution in [2.75, 3.05) is 4.90 Å². The van der Waals surface area contributed by atoms with Gasteiger partial charge in [-0.05, 0) is 55.8 Å². The second kappa shape index (κ2) is 10.8. The van der Waals surface area contributed by atoms with E-state index >= 15 is 0 Å². The molecule has 1 aliphatic rings. The first kappa shape index (κ1) is 28.0. The van der Waals surface area contributed by atoms with Crippen molar-refractivity contribution in [3.8, 4) is 0 Å². The number of carbonyl (C=O) groups excluding carboxylic acids is 2. The minimum atomic E-state index is -4.57. The van der Waals surface area contributed by atoms with Crippen LogP contribution < -0.4 is 10.2 Å². The second-order valence-corrected chi connectivity index (χ2v) is 9.84. The minimum Gasteiger partial charge on any atom is -0.351 e. The molecule has 2 amide bonds. The lowest BCUT2D eigenvalue weighted by Crippen LogP contribution is -2.60. The van der Waals surface area contributed by atoms with Crippen molar-refractivity contribution < 1.29 is 35.9 Å². The summed E-state index contributed by atoms with van der Waals surface area (Å²) in [7, 11) is 0. The Kier molecular flexibility index (Phi) is 8.44. The molecule has 1 aliphatic carbocycles. The summed E-state index contributed by atoms with van der Waals surface area (Å²) >= 11 is 5.06. The number of carbonyl (C=O) groups is 2. The number of hydrogen-bond donors (Lipinski definition) is 1. The summed E-state index contributed by atoms with van der Waals surface area (Å²) in [6.07, 6.45) is 2.61. The average Bonchev–Trinajstić information content (AvgIpc) is 2.81. The van der Waals surface area contributed by atoms with Crippen LogP contribution in [-0.4, -0.2) is 44.9 Å². The van der Waals surface area contributed by atoms with Crippen LogP contribution in [0, 0.1) is 0 Å². The molecule has 6 nitrogen and oxygen atoms in total. The molecule has 2 atom stereocenters. The number of benzene rings is 1. The van der Waals surface area contributed by atoms with Crippen LogP contribution in [0.5, 0.6) is 0 Å². The number of aromatic nitrogens is 2. The number of nitrogens with zero attached hydrogens (tertiary/aromatic N) is 3. The van der Waals surface area contributed by atoms with E-state index in [2.05, 4.69) is 15.3 Å². The van der Waals surface area contributed by atoms with Gasteiger partial charge in [-0.3, -0.25) is 14.5 Å². The van der Waals surface area contributed by atoms with Gasteiger partial charge >= 0.3 is 5.51 Å². The maximum absolute atomic E-state index is 14.2. The molecule has 1 aromatic carbocycles. The van der Waals surface area contributed by atoms with Gasteiger partial charge in [0.1, 0.15) is 6.33 Å². The highest BCUT2D eigenvalue weighted by Crippen LogP contribution is 2.40. The van der Waals surface area contributed by atoms with E-state index in [1.165, 1.54) is 19.3 Å². The third-order valence-electron chi connectivity index (χ3n) is 5.80. The highest BCUT2D eigenvalue weighted by Gasteiger charge is 2.48. The van der Waals surface area contributed by atoms with Crippen molar-refractivity contribution in [3.05, 3.63) is 48.5 Å². The molecule has 3 rings (SSSR count). The fourth-order valence-corrected chi connectivity index (χ4v) is 4.56. The topological polar surface area (TPSA) is 75.2 Å². The molecule has 0 spiro atoms. The van der Waals surface area contributed by atoms with Crippen molar-refractivity contribution in [1.82, 2.24) is 15.3 Å². The fourth-order valence-electron chi connectivity index (χ4n) is 3.92. The number of amides is 2. The molecular formula is C22H21ClF6N4O2S. The highest BCUT2D eigenvalue weighted by molar-refractivity contribution is 8.00. The Hall–Kier alpha value is -2.54. The first-order valence-corrected chi connectivity index (χ1v) is 11.9. The van der Waals surface area contributed by atoms with Crippen LogP contribution in [0.4, 0.5) is 32.0 Å². The Morgan fingerprint density at radius 2 is 1.69 bits per heavy atom. The van der Waals surface area contributed by atoms with Crippen LogP contribution in [0.3, 0.4) is 0 Å². The number of nitrogens with one attached hydrogen (secondary N) is 1. The maximum Gasteiger partial charge on any atom is 0.446 e. The van der Waals surface area contributed by atoms with Crippen molar-refractivity contribution in [1.29, 1.82) is 0 Å². The van der Waals surface area contributed by atoms with Crippen LogP contribution >= 0.6 is 23.4 Å². The third kappa shape index (κ3) is 6.61. The molecule has 1 saturated carbocycles. The Bertz CT molecular complexity index is 1060. The summed E-state index contributed by atoms with van der Waals surface area (Å²) in [6, 6.07) is 3.68. The molecule has 1 N–H and O–H groups in total. The van der Waals surface area contributed by atoms with Crippen LogP contribution in [0.2, 0.25) is 0 Å². The Labute approximate surface area is 211 Å². The van der Waals surface area contributed by atoms with Gasteiger partial charge in [-0.15, -0.1) is 0 Å². The summed E-state index contributed by atoms with van der Waals surface area (Å²) in [5, 5.41) is 2.64. The fraction of sp³-hybridized carbons (Fsp3) is 0.455. The summed E-state index contributed by atoms with van der Waals surface area (Å²) < 4.78 is 79.5. The molecule has 1 heterocycles. The summed E-state index contributed by atoms with van der Waals surface area (Å²) in [5.74, 6) is -5.08. The zero-order valence-electron chi connectivity index (χ0n) is 18.7. The van der Waals surface area contributed by atoms with E-state index in [1.54, 1.807) is 0 Å². The van der Waals surface area contributed by atoms with Crippen LogP contribution in [0.1, 0.15) is 38.2 Å². The highest BCUT2D eigenvalue weighted by atomic mass is 35.5. The number of thioether (sulfide) groups is 1. The van der Waals surface area contributed by atoms with E-state index in [0.717, 1.165) is 30.6 Å². The normalized spacial score (nSPS) is 18.7. The zero-order chi connectivity index (χ0) is 26.7. The van der Waals surface area contributed by atoms with Gasteiger partial charge in [0.15, 0.2) is 5.54 Å². The van der Waals surface area contributed by atoms with Crippen LogP contribution in [0.15, 0.2) is 47.9 Å². The molecule has 36 heavy (non-hydrogen) atoms. The van der Waals surface area contributed by atoms with Gasteiger partial charge in [-0.1, -0.05) is 11.6 Å². The standard InChI is InChI=1S/C22H21ClF6N4O2S/c1-20(13-10-30-12-31-11-13,19(35)32-14-6-8-21(25,26)9-7-14)33(18(34)17(23)24)15-2-4-16(5-3-15)36-22(27,28)29/h2-5,10-12,14,17H,6-9H2,1H3,(H,32,35)/t17-,20-/m0/s1. The van der Waals surface area contributed by atoms with Crippen LogP contribution in [-0.2, 0) is 15.1 Å². The summed E-state index contributed by atoms with van der Waals surface area (Å²) in [5.41, 5.74) is -9.33. The number of anilines is 1. The predicted octanol–water partition coefficient (Wildman–Crippen LogP) is 5.57. The molecule has 1 aromatic heterocycles. The van der Waals surface area contributed by atoms with E-state index in [9.17, 15) is 35.9 Å². The molecule has 2 aromatic rings. The van der Waals surface area contributed by atoms with Gasteiger partial charge in [0.2, 0.25) is 5.92 Å². The molecular weight excluding hydrogens is 534 g/mol. The van der Waals surface area contributed by atoms with Gasteiger partial charge in [0, 0.05) is 47.4 Å². The number of halogens is 7. The SMILES string of the molecule is C[C@@](C(=O)NC1CCC(F)(F)CC1)(c1cncnc1)N(C(=O)[C@H](F)Cl)c1ccc(SC(F)(F)F)cc1. The molecule has 196 valence electrons. The molecule has 0 radical (unpaired) electrons. The maximum atomic E-state index is 14.2. The smallest absolute Gasteiger partial charge is 0.351 e. The lowest BCUT2D eigenvalue weighted by molar-refractivity contribution is -0.132. The van der Waals surface area contributed by atoms with Crippen molar-refractivity contribution in [2.24, 2.45) is 0 Å². The first-order chi connectivity index (χ1) is 16.7. The monoisotopic (exact) mass is 554 g/mol. The molecule has 0 saturated heterocycles. The second-order valence-electron chi connectivity index (χ2n) is 8.32. The molecule has 14 heteroatoms. The summed E-state index contributed by atoms with van der Waals surface area (Å²) in [4.78, 5) is 34.8. The largest absolute Gasteiger partial charge is 0.446 e. The summed E-state index contributed by atoms with van der Waals surface area (Å²) in [6.45, 7) is 1.26. The number of hydrogen-bond acceptors (Lipinski definition) is 5. The number of alkyl halides is 7. The molecule has 1 fully saturated rings. The van der Waals surface area contributed by atoms with E-state index in [-0.39, 0.29) is 29.0 Å². The van der Waals surface area contributed by atoms with Gasteiger partial charge in [0.25, 0.3) is 17.4 Å². The Morgan fingerprint density at radius 3 is 2.19 bits per heavy atom. The Balaban J connectivity index is 2.04. The average molecular weight is 555 g/mol. The zero-order valence-corrected chi connectivity index (χ0v) is 20.3. The van der Waals surface area contributed by atoms with Gasteiger partial charge < -0.3 is 5.32 Å². The molecule has 0 unspecified atom stereocenters. The molecule has 0 bridgehead atoms. The predicted molar refractivity (Wildman–Crippen MR) is 121 cm³/mol. The van der Waals surface area contributed by atoms with E-state index < -0.39 is 65.1 Å². The Morgan fingerprint density at radius 1 is 1.14 bits per heavy atom.